The number of rotatable bonds is 2. The number of anilines is 2. The molecule has 2 rings (SSSR count). The van der Waals surface area contributed by atoms with Crippen LogP contribution in [-0.4, -0.2) is 11.0 Å². The van der Waals surface area contributed by atoms with E-state index in [1.54, 1.807) is 0 Å². The highest BCUT2D eigenvalue weighted by atomic mass is 16.3. The van der Waals surface area contributed by atoms with Crippen molar-refractivity contribution in [1.82, 2.24) is 0 Å². The zero-order valence-corrected chi connectivity index (χ0v) is 10.9. The first-order valence-electron chi connectivity index (χ1n) is 5.94. The van der Waals surface area contributed by atoms with Crippen LogP contribution in [0, 0.1) is 13.8 Å². The smallest absolute Gasteiger partial charge is 0.257 e. The van der Waals surface area contributed by atoms with E-state index in [0.29, 0.717) is 11.4 Å². The summed E-state index contributed by atoms with van der Waals surface area (Å²) in [5, 5.41) is 12.2. The van der Waals surface area contributed by atoms with Gasteiger partial charge in [-0.3, -0.25) is 4.79 Å². The molecule has 1 amide bonds. The Hall–Kier alpha value is -2.49. The normalized spacial score (nSPS) is 10.2. The van der Waals surface area contributed by atoms with Crippen molar-refractivity contribution in [3.63, 3.8) is 0 Å². The Morgan fingerprint density at radius 2 is 1.84 bits per heavy atom. The Kier molecular flexibility index (Phi) is 3.42. The first kappa shape index (κ1) is 13.0. The number of carbonyl (C=O) groups excluding carboxylic acids is 1. The average Bonchev–Trinajstić information content (AvgIpc) is 2.36. The summed E-state index contributed by atoms with van der Waals surface area (Å²) in [6.45, 7) is 3.99. The number of nitrogen functional groups attached to an aromatic ring is 1. The molecule has 0 aliphatic rings. The van der Waals surface area contributed by atoms with E-state index in [0.717, 1.165) is 11.1 Å². The highest BCUT2D eigenvalue weighted by Crippen LogP contribution is 2.21. The molecule has 2 aromatic rings. The van der Waals surface area contributed by atoms with Gasteiger partial charge in [-0.05, 0) is 55.3 Å². The molecule has 0 fully saturated rings. The van der Waals surface area contributed by atoms with Crippen molar-refractivity contribution in [2.75, 3.05) is 11.1 Å². The first-order valence-corrected chi connectivity index (χ1v) is 5.94. The van der Waals surface area contributed by atoms with Gasteiger partial charge in [0.15, 0.2) is 0 Å². The molecule has 0 aliphatic heterocycles. The van der Waals surface area contributed by atoms with Gasteiger partial charge in [-0.1, -0.05) is 6.07 Å². The van der Waals surface area contributed by atoms with Crippen LogP contribution in [0.4, 0.5) is 11.4 Å². The van der Waals surface area contributed by atoms with Gasteiger partial charge in [-0.25, -0.2) is 0 Å². The van der Waals surface area contributed by atoms with E-state index in [2.05, 4.69) is 5.32 Å². The molecular weight excluding hydrogens is 240 g/mol. The predicted molar refractivity (Wildman–Crippen MR) is 76.4 cm³/mol. The third-order valence-corrected chi connectivity index (χ3v) is 3.05. The molecule has 0 saturated carbocycles. The van der Waals surface area contributed by atoms with Crippen molar-refractivity contribution in [3.05, 3.63) is 53.1 Å². The number of nitrogens with two attached hydrogens (primary N) is 1. The van der Waals surface area contributed by atoms with Crippen LogP contribution < -0.4 is 11.1 Å². The van der Waals surface area contributed by atoms with Crippen LogP contribution in [0.25, 0.3) is 0 Å². The quantitative estimate of drug-likeness (QED) is 0.571. The SMILES string of the molecule is Cc1ccc(NC(=O)c2cc(O)ccc2N)cc1C. The standard InChI is InChI=1S/C15H16N2O2/c1-9-3-4-11(7-10(9)2)17-15(19)13-8-12(18)5-6-14(13)16/h3-8,18H,16H2,1-2H3,(H,17,19). The van der Waals surface area contributed by atoms with E-state index >= 15 is 0 Å². The van der Waals surface area contributed by atoms with E-state index in [4.69, 9.17) is 5.73 Å². The summed E-state index contributed by atoms with van der Waals surface area (Å²) in [6.07, 6.45) is 0. The van der Waals surface area contributed by atoms with Gasteiger partial charge < -0.3 is 16.2 Å². The maximum atomic E-state index is 12.1. The zero-order valence-electron chi connectivity index (χ0n) is 10.9. The second kappa shape index (κ2) is 5.02. The van der Waals surface area contributed by atoms with Crippen molar-refractivity contribution in [2.45, 2.75) is 13.8 Å². The van der Waals surface area contributed by atoms with Gasteiger partial charge in [0.05, 0.1) is 5.56 Å². The van der Waals surface area contributed by atoms with E-state index in [1.165, 1.54) is 18.2 Å². The minimum Gasteiger partial charge on any atom is -0.508 e. The van der Waals surface area contributed by atoms with Crippen molar-refractivity contribution in [3.8, 4) is 5.75 Å². The van der Waals surface area contributed by atoms with Gasteiger partial charge in [-0.2, -0.15) is 0 Å². The number of phenolic OH excluding ortho intramolecular Hbond substituents is 1. The Bertz CT molecular complexity index is 636. The Morgan fingerprint density at radius 3 is 2.53 bits per heavy atom. The molecule has 4 heteroatoms. The largest absolute Gasteiger partial charge is 0.508 e. The molecule has 0 spiro atoms. The molecule has 4 nitrogen and oxygen atoms in total. The highest BCUT2D eigenvalue weighted by molar-refractivity contribution is 6.08. The molecule has 19 heavy (non-hydrogen) atoms. The van der Waals surface area contributed by atoms with E-state index in [1.807, 2.05) is 32.0 Å². The van der Waals surface area contributed by atoms with E-state index < -0.39 is 0 Å². The number of aryl methyl sites for hydroxylation is 2. The van der Waals surface area contributed by atoms with Crippen molar-refractivity contribution in [2.24, 2.45) is 0 Å². The number of carbonyl (C=O) groups is 1. The second-order valence-electron chi connectivity index (χ2n) is 4.52. The average molecular weight is 256 g/mol. The summed E-state index contributed by atoms with van der Waals surface area (Å²) >= 11 is 0. The summed E-state index contributed by atoms with van der Waals surface area (Å²) < 4.78 is 0. The van der Waals surface area contributed by atoms with Crippen molar-refractivity contribution >= 4 is 17.3 Å². The molecule has 98 valence electrons. The van der Waals surface area contributed by atoms with Gasteiger partial charge >= 0.3 is 0 Å². The molecule has 2 aromatic carbocycles. The number of hydrogen-bond acceptors (Lipinski definition) is 3. The lowest BCUT2D eigenvalue weighted by Crippen LogP contribution is -2.14. The third kappa shape index (κ3) is 2.85. The lowest BCUT2D eigenvalue weighted by atomic mass is 10.1. The van der Waals surface area contributed by atoms with E-state index in [-0.39, 0.29) is 17.2 Å². The van der Waals surface area contributed by atoms with Gasteiger partial charge in [-0.15, -0.1) is 0 Å². The second-order valence-corrected chi connectivity index (χ2v) is 4.52. The first-order chi connectivity index (χ1) is 8.97. The molecule has 4 N–H and O–H groups in total. The fraction of sp³-hybridized carbons (Fsp3) is 0.133. The van der Waals surface area contributed by atoms with Gasteiger partial charge in [0, 0.05) is 11.4 Å². The predicted octanol–water partition coefficient (Wildman–Crippen LogP) is 2.84. The molecular formula is C15H16N2O2. The van der Waals surface area contributed by atoms with Crippen LogP contribution in [0.5, 0.6) is 5.75 Å². The Balaban J connectivity index is 2.25. The number of hydrogen-bond donors (Lipinski definition) is 3. The van der Waals surface area contributed by atoms with Crippen LogP contribution in [-0.2, 0) is 0 Å². The van der Waals surface area contributed by atoms with Crippen LogP contribution in [0.2, 0.25) is 0 Å². The Morgan fingerprint density at radius 1 is 1.11 bits per heavy atom. The molecule has 0 heterocycles. The summed E-state index contributed by atoms with van der Waals surface area (Å²) in [4.78, 5) is 12.1. The lowest BCUT2D eigenvalue weighted by molar-refractivity contribution is 0.102. The summed E-state index contributed by atoms with van der Waals surface area (Å²) in [5.74, 6) is -0.323. The van der Waals surface area contributed by atoms with Crippen molar-refractivity contribution < 1.29 is 9.90 Å². The van der Waals surface area contributed by atoms with Crippen LogP contribution >= 0.6 is 0 Å². The fourth-order valence-corrected chi connectivity index (χ4v) is 1.76. The number of nitrogens with one attached hydrogen (secondary N) is 1. The number of aromatic hydroxyl groups is 1. The minimum atomic E-state index is -0.336. The highest BCUT2D eigenvalue weighted by Gasteiger charge is 2.11. The van der Waals surface area contributed by atoms with E-state index in [9.17, 15) is 9.90 Å². The van der Waals surface area contributed by atoms with Crippen LogP contribution in [0.15, 0.2) is 36.4 Å². The minimum absolute atomic E-state index is 0.0134. The number of phenols is 1. The van der Waals surface area contributed by atoms with Crippen molar-refractivity contribution in [1.29, 1.82) is 0 Å². The van der Waals surface area contributed by atoms with Gasteiger partial charge in [0.1, 0.15) is 5.75 Å². The monoisotopic (exact) mass is 256 g/mol. The Labute approximate surface area is 111 Å². The summed E-state index contributed by atoms with van der Waals surface area (Å²) in [6, 6.07) is 9.97. The maximum Gasteiger partial charge on any atom is 0.257 e. The summed E-state index contributed by atoms with van der Waals surface area (Å²) in [7, 11) is 0. The zero-order chi connectivity index (χ0) is 14.0. The molecule has 0 unspecified atom stereocenters. The molecule has 0 atom stereocenters. The molecule has 0 aromatic heterocycles. The molecule has 0 bridgehead atoms. The molecule has 0 saturated heterocycles. The number of benzene rings is 2. The van der Waals surface area contributed by atoms with Gasteiger partial charge in [0.25, 0.3) is 5.91 Å². The summed E-state index contributed by atoms with van der Waals surface area (Å²) in [5.41, 5.74) is 9.29. The maximum absolute atomic E-state index is 12.1. The molecule has 0 aliphatic carbocycles. The van der Waals surface area contributed by atoms with Gasteiger partial charge in [0.2, 0.25) is 0 Å². The van der Waals surface area contributed by atoms with Crippen LogP contribution in [0.1, 0.15) is 21.5 Å². The fourth-order valence-electron chi connectivity index (χ4n) is 1.76. The third-order valence-electron chi connectivity index (χ3n) is 3.05. The molecule has 0 radical (unpaired) electrons. The van der Waals surface area contributed by atoms with Crippen LogP contribution in [0.3, 0.4) is 0 Å². The lowest BCUT2D eigenvalue weighted by Gasteiger charge is -2.09. The topological polar surface area (TPSA) is 75.3 Å². The number of amides is 1.